The molecule has 1 rings (SSSR count). The Hall–Kier alpha value is -0.830. The summed E-state index contributed by atoms with van der Waals surface area (Å²) >= 11 is 0. The summed E-state index contributed by atoms with van der Waals surface area (Å²) in [6.07, 6.45) is 3.16. The molecule has 0 fully saturated rings. The Kier molecular flexibility index (Phi) is 3.48. The molecule has 3 nitrogen and oxygen atoms in total. The first-order valence-electron chi connectivity index (χ1n) is 4.79. The van der Waals surface area contributed by atoms with E-state index in [0.717, 1.165) is 13.0 Å². The lowest BCUT2D eigenvalue weighted by atomic mass is 10.1. The molecule has 0 radical (unpaired) electrons. The average molecular weight is 181 g/mol. The highest BCUT2D eigenvalue weighted by Crippen LogP contribution is 2.11. The predicted molar refractivity (Wildman–Crippen MR) is 54.5 cm³/mol. The van der Waals surface area contributed by atoms with Crippen molar-refractivity contribution in [1.29, 1.82) is 0 Å². The van der Waals surface area contributed by atoms with Gasteiger partial charge in [0.25, 0.3) is 0 Å². The third-order valence-electron chi connectivity index (χ3n) is 1.96. The van der Waals surface area contributed by atoms with Crippen molar-refractivity contribution in [1.82, 2.24) is 15.1 Å². The van der Waals surface area contributed by atoms with Gasteiger partial charge in [-0.05, 0) is 19.4 Å². The van der Waals surface area contributed by atoms with E-state index >= 15 is 0 Å². The molecule has 0 saturated heterocycles. The van der Waals surface area contributed by atoms with Gasteiger partial charge in [-0.2, -0.15) is 5.10 Å². The highest BCUT2D eigenvalue weighted by Gasteiger charge is 2.08. The van der Waals surface area contributed by atoms with Crippen LogP contribution in [-0.4, -0.2) is 16.8 Å². The Morgan fingerprint density at radius 1 is 1.54 bits per heavy atom. The summed E-state index contributed by atoms with van der Waals surface area (Å²) in [5, 5.41) is 7.60. The lowest BCUT2D eigenvalue weighted by Gasteiger charge is -2.03. The van der Waals surface area contributed by atoms with Crippen molar-refractivity contribution in [2.24, 2.45) is 13.0 Å². The standard InChI is InChI=1S/C10H19N3/c1-8(2)5-10-9(6-11-3)7-13(4)12-10/h7-8,11H,5-6H2,1-4H3. The average Bonchev–Trinajstić information content (AvgIpc) is 2.31. The number of nitrogens with one attached hydrogen (secondary N) is 1. The van der Waals surface area contributed by atoms with E-state index < -0.39 is 0 Å². The molecule has 0 aliphatic carbocycles. The van der Waals surface area contributed by atoms with Crippen molar-refractivity contribution in [2.75, 3.05) is 7.05 Å². The van der Waals surface area contributed by atoms with Crippen LogP contribution in [0, 0.1) is 5.92 Å². The Morgan fingerprint density at radius 3 is 2.77 bits per heavy atom. The Bertz CT molecular complexity index is 263. The molecule has 13 heavy (non-hydrogen) atoms. The number of aromatic nitrogens is 2. The second-order valence-corrected chi connectivity index (χ2v) is 3.90. The molecule has 0 amide bonds. The van der Waals surface area contributed by atoms with Crippen LogP contribution in [0.25, 0.3) is 0 Å². The van der Waals surface area contributed by atoms with E-state index in [4.69, 9.17) is 0 Å². The fraction of sp³-hybridized carbons (Fsp3) is 0.700. The summed E-state index contributed by atoms with van der Waals surface area (Å²) in [5.74, 6) is 0.672. The van der Waals surface area contributed by atoms with E-state index in [1.807, 2.05) is 18.8 Å². The minimum absolute atomic E-state index is 0.672. The molecule has 0 aliphatic heterocycles. The van der Waals surface area contributed by atoms with Gasteiger partial charge < -0.3 is 5.32 Å². The Morgan fingerprint density at radius 2 is 2.23 bits per heavy atom. The van der Waals surface area contributed by atoms with Gasteiger partial charge in [0.1, 0.15) is 0 Å². The third kappa shape index (κ3) is 2.84. The number of nitrogens with zero attached hydrogens (tertiary/aromatic N) is 2. The van der Waals surface area contributed by atoms with E-state index in [0.29, 0.717) is 5.92 Å². The second-order valence-electron chi connectivity index (χ2n) is 3.90. The van der Waals surface area contributed by atoms with Gasteiger partial charge in [-0.25, -0.2) is 0 Å². The van der Waals surface area contributed by atoms with Gasteiger partial charge in [0.05, 0.1) is 5.69 Å². The van der Waals surface area contributed by atoms with Crippen molar-refractivity contribution < 1.29 is 0 Å². The van der Waals surface area contributed by atoms with E-state index in [1.165, 1.54) is 11.3 Å². The van der Waals surface area contributed by atoms with Gasteiger partial charge in [0.2, 0.25) is 0 Å². The van der Waals surface area contributed by atoms with Gasteiger partial charge in [0, 0.05) is 25.4 Å². The zero-order valence-corrected chi connectivity index (χ0v) is 8.96. The largest absolute Gasteiger partial charge is 0.316 e. The van der Waals surface area contributed by atoms with Gasteiger partial charge in [-0.1, -0.05) is 13.8 Å². The summed E-state index contributed by atoms with van der Waals surface area (Å²) in [5.41, 5.74) is 2.55. The van der Waals surface area contributed by atoms with Gasteiger partial charge in [0.15, 0.2) is 0 Å². The van der Waals surface area contributed by atoms with Crippen LogP contribution >= 0.6 is 0 Å². The lowest BCUT2D eigenvalue weighted by Crippen LogP contribution is -2.07. The van der Waals surface area contributed by atoms with Crippen molar-refractivity contribution in [3.8, 4) is 0 Å². The van der Waals surface area contributed by atoms with Crippen LogP contribution in [0.1, 0.15) is 25.1 Å². The second kappa shape index (κ2) is 4.42. The monoisotopic (exact) mass is 181 g/mol. The van der Waals surface area contributed by atoms with Gasteiger partial charge in [-0.15, -0.1) is 0 Å². The molecular weight excluding hydrogens is 162 g/mol. The van der Waals surface area contributed by atoms with Crippen LogP contribution in [0.15, 0.2) is 6.20 Å². The maximum atomic E-state index is 4.45. The van der Waals surface area contributed by atoms with Crippen LogP contribution in [-0.2, 0) is 20.0 Å². The molecule has 1 N–H and O–H groups in total. The molecule has 0 bridgehead atoms. The summed E-state index contributed by atoms with van der Waals surface area (Å²) < 4.78 is 1.89. The quantitative estimate of drug-likeness (QED) is 0.759. The molecule has 3 heteroatoms. The summed E-state index contributed by atoms with van der Waals surface area (Å²) in [4.78, 5) is 0. The first-order chi connectivity index (χ1) is 6.13. The normalized spacial score (nSPS) is 11.2. The van der Waals surface area contributed by atoms with Gasteiger partial charge in [-0.3, -0.25) is 4.68 Å². The zero-order valence-electron chi connectivity index (χ0n) is 8.96. The van der Waals surface area contributed by atoms with E-state index in [9.17, 15) is 0 Å². The van der Waals surface area contributed by atoms with Crippen LogP contribution < -0.4 is 5.32 Å². The fourth-order valence-corrected chi connectivity index (χ4v) is 1.48. The van der Waals surface area contributed by atoms with E-state index in [2.05, 4.69) is 30.5 Å². The molecular formula is C10H19N3. The maximum Gasteiger partial charge on any atom is 0.0671 e. The van der Waals surface area contributed by atoms with Gasteiger partial charge >= 0.3 is 0 Å². The zero-order chi connectivity index (χ0) is 9.84. The Labute approximate surface area is 80.1 Å². The first kappa shape index (κ1) is 10.3. The number of aryl methyl sites for hydroxylation is 1. The molecule has 1 heterocycles. The van der Waals surface area contributed by atoms with Crippen LogP contribution in [0.2, 0.25) is 0 Å². The molecule has 0 aromatic carbocycles. The molecule has 0 saturated carbocycles. The van der Waals surface area contributed by atoms with Crippen molar-refractivity contribution in [3.05, 3.63) is 17.5 Å². The van der Waals surface area contributed by atoms with Crippen molar-refractivity contribution in [3.63, 3.8) is 0 Å². The Balaban J connectivity index is 2.77. The number of hydrogen-bond donors (Lipinski definition) is 1. The smallest absolute Gasteiger partial charge is 0.0671 e. The third-order valence-corrected chi connectivity index (χ3v) is 1.96. The predicted octanol–water partition coefficient (Wildman–Crippen LogP) is 1.34. The molecule has 0 atom stereocenters. The highest BCUT2D eigenvalue weighted by molar-refractivity contribution is 5.17. The molecule has 0 unspecified atom stereocenters. The minimum atomic E-state index is 0.672. The van der Waals surface area contributed by atoms with Crippen LogP contribution in [0.3, 0.4) is 0 Å². The first-order valence-corrected chi connectivity index (χ1v) is 4.79. The van der Waals surface area contributed by atoms with E-state index in [1.54, 1.807) is 0 Å². The molecule has 74 valence electrons. The summed E-state index contributed by atoms with van der Waals surface area (Å²) in [6.45, 7) is 5.35. The number of hydrogen-bond acceptors (Lipinski definition) is 2. The lowest BCUT2D eigenvalue weighted by molar-refractivity contribution is 0.616. The minimum Gasteiger partial charge on any atom is -0.316 e. The molecule has 1 aromatic rings. The maximum absolute atomic E-state index is 4.45. The van der Waals surface area contributed by atoms with Crippen LogP contribution in [0.4, 0.5) is 0 Å². The molecule has 0 aliphatic rings. The molecule has 0 spiro atoms. The van der Waals surface area contributed by atoms with E-state index in [-0.39, 0.29) is 0 Å². The SMILES string of the molecule is CNCc1cn(C)nc1CC(C)C. The fourth-order valence-electron chi connectivity index (χ4n) is 1.48. The van der Waals surface area contributed by atoms with Crippen LogP contribution in [0.5, 0.6) is 0 Å². The highest BCUT2D eigenvalue weighted by atomic mass is 15.3. The summed E-state index contributed by atoms with van der Waals surface area (Å²) in [6, 6.07) is 0. The van der Waals surface area contributed by atoms with Crippen molar-refractivity contribution >= 4 is 0 Å². The number of rotatable bonds is 4. The van der Waals surface area contributed by atoms with Crippen molar-refractivity contribution in [2.45, 2.75) is 26.8 Å². The molecule has 1 aromatic heterocycles. The summed E-state index contributed by atoms with van der Waals surface area (Å²) in [7, 11) is 3.94. The topological polar surface area (TPSA) is 29.9 Å².